The molecule has 0 spiro atoms. The molecule has 7 nitrogen and oxygen atoms in total. The van der Waals surface area contributed by atoms with Gasteiger partial charge in [-0.05, 0) is 6.07 Å². The Morgan fingerprint density at radius 1 is 1.42 bits per heavy atom. The van der Waals surface area contributed by atoms with Crippen LogP contribution in [0, 0.1) is 5.82 Å². The monoisotopic (exact) mass is 423 g/mol. The topological polar surface area (TPSA) is 93.3 Å². The van der Waals surface area contributed by atoms with Gasteiger partial charge < -0.3 is 14.5 Å². The van der Waals surface area contributed by atoms with Crippen molar-refractivity contribution >= 4 is 49.0 Å². The number of aromatic amines is 1. The summed E-state index contributed by atoms with van der Waals surface area (Å²) in [7, 11) is -2.91. The van der Waals surface area contributed by atoms with E-state index in [2.05, 4.69) is 14.7 Å². The smallest absolute Gasteiger partial charge is 0.265 e. The zero-order chi connectivity index (χ0) is 18.9. The van der Waals surface area contributed by atoms with E-state index in [1.165, 1.54) is 30.7 Å². The van der Waals surface area contributed by atoms with Crippen LogP contribution in [0.4, 0.5) is 14.6 Å². The van der Waals surface area contributed by atoms with Gasteiger partial charge in [-0.2, -0.15) is 4.98 Å². The molecule has 3 heterocycles. The van der Waals surface area contributed by atoms with Gasteiger partial charge in [0.15, 0.2) is 17.4 Å². The van der Waals surface area contributed by atoms with Gasteiger partial charge in [-0.15, -0.1) is 11.3 Å². The lowest BCUT2D eigenvalue weighted by atomic mass is 10.4. The summed E-state index contributed by atoms with van der Waals surface area (Å²) in [6.45, 7) is -1.10. The van der Waals surface area contributed by atoms with Crippen molar-refractivity contribution in [1.29, 1.82) is 0 Å². The molecular weight excluding hydrogens is 412 g/mol. The summed E-state index contributed by atoms with van der Waals surface area (Å²) in [5.41, 5.74) is 0. The molecule has 3 rings (SSSR count). The Balaban J connectivity index is 1.96. The van der Waals surface area contributed by atoms with E-state index in [0.29, 0.717) is 14.6 Å². The number of hydrogen-bond acceptors (Lipinski definition) is 6. The Morgan fingerprint density at radius 2 is 2.19 bits per heavy atom. The molecular formula is C14H12ClF2N3O4S2. The number of ether oxygens (including phenoxy) is 2. The number of thiophene rings is 1. The molecule has 0 fully saturated rings. The molecule has 26 heavy (non-hydrogen) atoms. The normalized spacial score (nSPS) is 11.7. The molecule has 0 aliphatic carbocycles. The third-order valence-electron chi connectivity index (χ3n) is 3.26. The molecule has 0 aromatic carbocycles. The lowest BCUT2D eigenvalue weighted by molar-refractivity contribution is 0.255. The SMILES string of the molecule is COc1nc(NS(=O)(=O)c2c[nH]c3sc(Cl)cc23)c(F)cc1OCCF. The second-order valence-electron chi connectivity index (χ2n) is 4.92. The predicted octanol–water partition coefficient (Wildman–Crippen LogP) is 3.57. The van der Waals surface area contributed by atoms with Crippen LogP contribution < -0.4 is 14.2 Å². The first-order valence-corrected chi connectivity index (χ1v) is 9.76. The van der Waals surface area contributed by atoms with Gasteiger partial charge in [0.1, 0.15) is 23.0 Å². The van der Waals surface area contributed by atoms with Gasteiger partial charge in [0.2, 0.25) is 0 Å². The van der Waals surface area contributed by atoms with Crippen molar-refractivity contribution in [1.82, 2.24) is 9.97 Å². The third-order valence-corrected chi connectivity index (χ3v) is 5.83. The molecule has 0 aliphatic rings. The summed E-state index contributed by atoms with van der Waals surface area (Å²) in [5.74, 6) is -1.90. The van der Waals surface area contributed by atoms with E-state index in [9.17, 15) is 17.2 Å². The average Bonchev–Trinajstić information content (AvgIpc) is 3.13. The molecule has 3 aromatic heterocycles. The molecule has 0 saturated heterocycles. The van der Waals surface area contributed by atoms with E-state index in [1.807, 2.05) is 0 Å². The third kappa shape index (κ3) is 3.55. The highest BCUT2D eigenvalue weighted by atomic mass is 35.5. The number of nitrogens with zero attached hydrogens (tertiary/aromatic N) is 1. The zero-order valence-corrected chi connectivity index (χ0v) is 15.6. The van der Waals surface area contributed by atoms with E-state index >= 15 is 0 Å². The minimum absolute atomic E-state index is 0.103. The number of H-pyrrole nitrogens is 1. The second kappa shape index (κ2) is 7.25. The van der Waals surface area contributed by atoms with E-state index in [1.54, 1.807) is 0 Å². The van der Waals surface area contributed by atoms with Gasteiger partial charge in [-0.1, -0.05) is 11.6 Å². The maximum atomic E-state index is 14.2. The lowest BCUT2D eigenvalue weighted by Crippen LogP contribution is -2.15. The maximum Gasteiger partial charge on any atom is 0.265 e. The van der Waals surface area contributed by atoms with Crippen molar-refractivity contribution in [3.63, 3.8) is 0 Å². The Morgan fingerprint density at radius 3 is 2.88 bits per heavy atom. The second-order valence-corrected chi connectivity index (χ2v) is 8.25. The first-order chi connectivity index (χ1) is 12.4. The van der Waals surface area contributed by atoms with Crippen LogP contribution in [0.25, 0.3) is 10.2 Å². The Bertz CT molecular complexity index is 1050. The Labute approximate surface area is 156 Å². The fraction of sp³-hybridized carbons (Fsp3) is 0.214. The van der Waals surface area contributed by atoms with Gasteiger partial charge in [-0.25, -0.2) is 17.2 Å². The minimum atomic E-state index is -4.15. The molecule has 0 bridgehead atoms. The molecule has 0 amide bonds. The van der Waals surface area contributed by atoms with Crippen LogP contribution in [0.3, 0.4) is 0 Å². The number of hydrogen-bond donors (Lipinski definition) is 2. The number of sulfonamides is 1. The average molecular weight is 424 g/mol. The molecule has 0 saturated carbocycles. The van der Waals surface area contributed by atoms with Crippen molar-refractivity contribution in [2.75, 3.05) is 25.1 Å². The van der Waals surface area contributed by atoms with Crippen molar-refractivity contribution in [2.24, 2.45) is 0 Å². The van der Waals surface area contributed by atoms with Crippen LogP contribution in [0.5, 0.6) is 11.6 Å². The van der Waals surface area contributed by atoms with Gasteiger partial charge in [-0.3, -0.25) is 4.72 Å². The number of methoxy groups -OCH3 is 1. The molecule has 0 unspecified atom stereocenters. The number of aromatic nitrogens is 2. The highest BCUT2D eigenvalue weighted by molar-refractivity contribution is 7.93. The Kier molecular flexibility index (Phi) is 5.21. The van der Waals surface area contributed by atoms with Crippen molar-refractivity contribution < 1.29 is 26.7 Å². The number of anilines is 1. The van der Waals surface area contributed by atoms with Crippen LogP contribution in [-0.4, -0.2) is 38.8 Å². The largest absolute Gasteiger partial charge is 0.485 e. The van der Waals surface area contributed by atoms with Gasteiger partial charge in [0.05, 0.1) is 11.4 Å². The van der Waals surface area contributed by atoms with Gasteiger partial charge in [0, 0.05) is 17.6 Å². The molecule has 140 valence electrons. The van der Waals surface area contributed by atoms with Crippen LogP contribution in [-0.2, 0) is 10.0 Å². The van der Waals surface area contributed by atoms with Crippen LogP contribution in [0.15, 0.2) is 23.2 Å². The van der Waals surface area contributed by atoms with Crippen LogP contribution in [0.1, 0.15) is 0 Å². The summed E-state index contributed by atoms with van der Waals surface area (Å²) in [4.78, 5) is 7.01. The van der Waals surface area contributed by atoms with Crippen molar-refractivity contribution in [3.05, 3.63) is 28.5 Å². The van der Waals surface area contributed by atoms with Crippen LogP contribution >= 0.6 is 22.9 Å². The quantitative estimate of drug-likeness (QED) is 0.606. The molecule has 0 radical (unpaired) electrons. The number of fused-ring (bicyclic) bond motifs is 1. The summed E-state index contributed by atoms with van der Waals surface area (Å²) in [6.07, 6.45) is 1.27. The summed E-state index contributed by atoms with van der Waals surface area (Å²) >= 11 is 7.06. The molecule has 12 heteroatoms. The highest BCUT2D eigenvalue weighted by Gasteiger charge is 2.24. The van der Waals surface area contributed by atoms with Crippen molar-refractivity contribution in [2.45, 2.75) is 4.90 Å². The predicted molar refractivity (Wildman–Crippen MR) is 94.2 cm³/mol. The van der Waals surface area contributed by atoms with E-state index < -0.39 is 28.3 Å². The minimum Gasteiger partial charge on any atom is -0.485 e. The van der Waals surface area contributed by atoms with E-state index in [-0.39, 0.29) is 23.1 Å². The zero-order valence-electron chi connectivity index (χ0n) is 13.2. The fourth-order valence-electron chi connectivity index (χ4n) is 2.19. The highest BCUT2D eigenvalue weighted by Crippen LogP contribution is 2.35. The van der Waals surface area contributed by atoms with Gasteiger partial charge in [0.25, 0.3) is 15.9 Å². The number of alkyl halides is 1. The first-order valence-electron chi connectivity index (χ1n) is 7.08. The Hall–Kier alpha value is -2.11. The number of rotatable bonds is 7. The summed E-state index contributed by atoms with van der Waals surface area (Å²) < 4.78 is 64.0. The van der Waals surface area contributed by atoms with Crippen LogP contribution in [0.2, 0.25) is 4.34 Å². The molecule has 2 N–H and O–H groups in total. The number of halogens is 3. The summed E-state index contributed by atoms with van der Waals surface area (Å²) in [6, 6.07) is 2.36. The molecule has 0 atom stereocenters. The lowest BCUT2D eigenvalue weighted by Gasteiger charge is -2.12. The molecule has 0 aliphatic heterocycles. The molecule has 3 aromatic rings. The van der Waals surface area contributed by atoms with Gasteiger partial charge >= 0.3 is 0 Å². The van der Waals surface area contributed by atoms with E-state index in [0.717, 1.165) is 6.07 Å². The van der Waals surface area contributed by atoms with Crippen molar-refractivity contribution in [3.8, 4) is 11.6 Å². The summed E-state index contributed by atoms with van der Waals surface area (Å²) in [5, 5.41) is 0.378. The number of pyridine rings is 1. The maximum absolute atomic E-state index is 14.2. The fourth-order valence-corrected chi connectivity index (χ4v) is 4.54. The standard InChI is InChI=1S/C14H12ClF2N3O4S2/c1-23-13-9(24-3-2-16)5-8(17)12(19-13)20-26(21,22)10-6-18-14-7(10)4-11(15)25-14/h4-6,18H,2-3H2,1H3,(H,19,20). The number of nitrogens with one attached hydrogen (secondary N) is 2. The van der Waals surface area contributed by atoms with E-state index in [4.69, 9.17) is 21.1 Å². The first kappa shape index (κ1) is 18.7.